The molecule has 0 atom stereocenters. The number of aliphatic hydroxyl groups is 1. The lowest BCUT2D eigenvalue weighted by atomic mass is 9.82. The second-order valence-corrected chi connectivity index (χ2v) is 4.11. The third kappa shape index (κ3) is 2.49. The number of carbonyl (C=O) groups is 1. The van der Waals surface area contributed by atoms with Crippen LogP contribution in [0.4, 0.5) is 5.82 Å². The van der Waals surface area contributed by atoms with Crippen molar-refractivity contribution < 1.29 is 15.0 Å². The average molecular weight is 222 g/mol. The Bertz CT molecular complexity index is 389. The first-order valence-electron chi connectivity index (χ1n) is 5.26. The Morgan fingerprint density at radius 3 is 2.94 bits per heavy atom. The second kappa shape index (κ2) is 4.49. The molecule has 1 fully saturated rings. The maximum Gasteiger partial charge on any atom is 0.335 e. The predicted octanol–water partition coefficient (Wildman–Crippen LogP) is 0.963. The molecular weight excluding hydrogens is 208 g/mol. The number of carboxylic acids is 1. The summed E-state index contributed by atoms with van der Waals surface area (Å²) in [5.41, 5.74) is 0.228. The number of nitrogens with zero attached hydrogens (tertiary/aromatic N) is 1. The number of nitrogens with one attached hydrogen (secondary N) is 1. The van der Waals surface area contributed by atoms with Gasteiger partial charge in [0.1, 0.15) is 5.82 Å². The van der Waals surface area contributed by atoms with Crippen LogP contribution in [0.1, 0.15) is 23.2 Å². The van der Waals surface area contributed by atoms with Crippen LogP contribution in [0.3, 0.4) is 0 Å². The fourth-order valence-corrected chi connectivity index (χ4v) is 1.78. The Balaban J connectivity index is 1.89. The molecule has 5 nitrogen and oxygen atoms in total. The highest BCUT2D eigenvalue weighted by Gasteiger charge is 2.26. The SMILES string of the molecule is O=C(O)c1ccnc(NCC2CC(O)C2)c1. The van der Waals surface area contributed by atoms with Crippen LogP contribution in [-0.2, 0) is 0 Å². The van der Waals surface area contributed by atoms with E-state index >= 15 is 0 Å². The summed E-state index contributed by atoms with van der Waals surface area (Å²) in [7, 11) is 0. The topological polar surface area (TPSA) is 82.5 Å². The molecule has 2 rings (SSSR count). The van der Waals surface area contributed by atoms with Crippen molar-refractivity contribution in [2.45, 2.75) is 18.9 Å². The van der Waals surface area contributed by atoms with Crippen molar-refractivity contribution in [2.24, 2.45) is 5.92 Å². The minimum Gasteiger partial charge on any atom is -0.478 e. The number of hydrogen-bond donors (Lipinski definition) is 3. The monoisotopic (exact) mass is 222 g/mol. The van der Waals surface area contributed by atoms with Gasteiger partial charge in [0.2, 0.25) is 0 Å². The van der Waals surface area contributed by atoms with Crippen molar-refractivity contribution in [3.63, 3.8) is 0 Å². The first kappa shape index (κ1) is 10.9. The summed E-state index contributed by atoms with van der Waals surface area (Å²) >= 11 is 0. The van der Waals surface area contributed by atoms with E-state index in [2.05, 4.69) is 10.3 Å². The fraction of sp³-hybridized carbons (Fsp3) is 0.455. The van der Waals surface area contributed by atoms with E-state index in [1.807, 2.05) is 0 Å². The van der Waals surface area contributed by atoms with Gasteiger partial charge in [-0.1, -0.05) is 0 Å². The Morgan fingerprint density at radius 1 is 1.56 bits per heavy atom. The number of aromatic carboxylic acids is 1. The summed E-state index contributed by atoms with van der Waals surface area (Å²) in [6.07, 6.45) is 2.93. The normalized spacial score (nSPS) is 23.6. The van der Waals surface area contributed by atoms with Crippen LogP contribution in [0.25, 0.3) is 0 Å². The Morgan fingerprint density at radius 2 is 2.31 bits per heavy atom. The summed E-state index contributed by atoms with van der Waals surface area (Å²) in [5.74, 6) is 0.0797. The number of aromatic nitrogens is 1. The van der Waals surface area contributed by atoms with Gasteiger partial charge in [-0.15, -0.1) is 0 Å². The van der Waals surface area contributed by atoms with Crippen LogP contribution < -0.4 is 5.32 Å². The number of rotatable bonds is 4. The Kier molecular flexibility index (Phi) is 3.05. The number of anilines is 1. The molecule has 86 valence electrons. The number of aliphatic hydroxyl groups excluding tert-OH is 1. The van der Waals surface area contributed by atoms with E-state index in [-0.39, 0.29) is 11.7 Å². The molecule has 3 N–H and O–H groups in total. The minimum absolute atomic E-state index is 0.162. The summed E-state index contributed by atoms with van der Waals surface area (Å²) in [4.78, 5) is 14.7. The van der Waals surface area contributed by atoms with Gasteiger partial charge in [-0.3, -0.25) is 0 Å². The fourth-order valence-electron chi connectivity index (χ4n) is 1.78. The van der Waals surface area contributed by atoms with Gasteiger partial charge in [-0.25, -0.2) is 9.78 Å². The van der Waals surface area contributed by atoms with Crippen molar-refractivity contribution in [3.8, 4) is 0 Å². The summed E-state index contributed by atoms with van der Waals surface area (Å²) < 4.78 is 0. The maximum atomic E-state index is 10.7. The van der Waals surface area contributed by atoms with Crippen LogP contribution in [0.5, 0.6) is 0 Å². The quantitative estimate of drug-likeness (QED) is 0.707. The summed E-state index contributed by atoms with van der Waals surface area (Å²) in [5, 5.41) is 21.0. The Hall–Kier alpha value is -1.62. The molecule has 1 saturated carbocycles. The molecule has 0 spiro atoms. The molecule has 0 saturated heterocycles. The van der Waals surface area contributed by atoms with Gasteiger partial charge in [-0.05, 0) is 30.9 Å². The molecule has 0 bridgehead atoms. The molecule has 1 aromatic heterocycles. The third-order valence-electron chi connectivity index (χ3n) is 2.79. The number of hydrogen-bond acceptors (Lipinski definition) is 4. The van der Waals surface area contributed by atoms with Gasteiger partial charge in [0.25, 0.3) is 0 Å². The zero-order valence-corrected chi connectivity index (χ0v) is 8.76. The summed E-state index contributed by atoms with van der Waals surface area (Å²) in [6, 6.07) is 2.97. The molecule has 1 aromatic rings. The highest BCUT2D eigenvalue weighted by Crippen LogP contribution is 2.27. The van der Waals surface area contributed by atoms with Crippen LogP contribution in [0, 0.1) is 5.92 Å². The molecule has 0 aliphatic heterocycles. The highest BCUT2D eigenvalue weighted by molar-refractivity contribution is 5.88. The van der Waals surface area contributed by atoms with E-state index in [1.165, 1.54) is 18.3 Å². The molecule has 0 aromatic carbocycles. The molecule has 0 radical (unpaired) electrons. The molecule has 1 heterocycles. The molecule has 0 amide bonds. The van der Waals surface area contributed by atoms with E-state index in [4.69, 9.17) is 10.2 Å². The lowest BCUT2D eigenvalue weighted by molar-refractivity contribution is 0.0486. The van der Waals surface area contributed by atoms with E-state index in [1.54, 1.807) is 0 Å². The van der Waals surface area contributed by atoms with Crippen LogP contribution in [0.15, 0.2) is 18.3 Å². The standard InChI is InChI=1S/C11H14N2O3/c14-9-3-7(4-9)6-13-10-5-8(11(15)16)1-2-12-10/h1-2,5,7,9,14H,3-4,6H2,(H,12,13)(H,15,16). The first-order valence-corrected chi connectivity index (χ1v) is 5.26. The Labute approximate surface area is 93.1 Å². The van der Waals surface area contributed by atoms with Gasteiger partial charge in [-0.2, -0.15) is 0 Å². The second-order valence-electron chi connectivity index (χ2n) is 4.11. The highest BCUT2D eigenvalue weighted by atomic mass is 16.4. The van der Waals surface area contributed by atoms with Gasteiger partial charge >= 0.3 is 5.97 Å². The lowest BCUT2D eigenvalue weighted by Crippen LogP contribution is -2.33. The lowest BCUT2D eigenvalue weighted by Gasteiger charge is -2.31. The summed E-state index contributed by atoms with van der Waals surface area (Å²) in [6.45, 7) is 0.729. The molecule has 0 unspecified atom stereocenters. The molecule has 1 aliphatic rings. The van der Waals surface area contributed by atoms with E-state index in [0.29, 0.717) is 11.7 Å². The van der Waals surface area contributed by atoms with Crippen LogP contribution in [0.2, 0.25) is 0 Å². The zero-order chi connectivity index (χ0) is 11.5. The number of pyridine rings is 1. The predicted molar refractivity (Wildman–Crippen MR) is 58.4 cm³/mol. The first-order chi connectivity index (χ1) is 7.65. The largest absolute Gasteiger partial charge is 0.478 e. The average Bonchev–Trinajstić information content (AvgIpc) is 2.23. The van der Waals surface area contributed by atoms with Gasteiger partial charge in [0.05, 0.1) is 11.7 Å². The molecular formula is C11H14N2O3. The zero-order valence-electron chi connectivity index (χ0n) is 8.76. The van der Waals surface area contributed by atoms with Crippen LogP contribution in [-0.4, -0.2) is 33.8 Å². The number of carboxylic acid groups (broad SMARTS) is 1. The maximum absolute atomic E-state index is 10.7. The van der Waals surface area contributed by atoms with Crippen molar-refractivity contribution in [2.75, 3.05) is 11.9 Å². The molecule has 5 heteroatoms. The third-order valence-corrected chi connectivity index (χ3v) is 2.79. The van der Waals surface area contributed by atoms with Crippen molar-refractivity contribution in [1.82, 2.24) is 4.98 Å². The van der Waals surface area contributed by atoms with Crippen LogP contribution >= 0.6 is 0 Å². The van der Waals surface area contributed by atoms with Gasteiger partial charge in [0, 0.05) is 12.7 Å². The molecule has 1 aliphatic carbocycles. The van der Waals surface area contributed by atoms with Crippen molar-refractivity contribution in [3.05, 3.63) is 23.9 Å². The van der Waals surface area contributed by atoms with Gasteiger partial charge < -0.3 is 15.5 Å². The minimum atomic E-state index is -0.954. The van der Waals surface area contributed by atoms with Crippen molar-refractivity contribution >= 4 is 11.8 Å². The van der Waals surface area contributed by atoms with Crippen molar-refractivity contribution in [1.29, 1.82) is 0 Å². The van der Waals surface area contributed by atoms with Gasteiger partial charge in [0.15, 0.2) is 0 Å². The smallest absolute Gasteiger partial charge is 0.335 e. The van der Waals surface area contributed by atoms with E-state index < -0.39 is 5.97 Å². The van der Waals surface area contributed by atoms with E-state index in [0.717, 1.165) is 19.4 Å². The molecule has 16 heavy (non-hydrogen) atoms. The van der Waals surface area contributed by atoms with E-state index in [9.17, 15) is 4.79 Å².